The van der Waals surface area contributed by atoms with Crippen molar-refractivity contribution in [2.24, 2.45) is 11.8 Å². The number of carbonyl (C=O) groups is 3. The van der Waals surface area contributed by atoms with Crippen LogP contribution >= 0.6 is 0 Å². The molecule has 3 rings (SSSR count). The Morgan fingerprint density at radius 2 is 1.48 bits per heavy atom. The largest absolute Gasteiger partial charge is 0.342 e. The summed E-state index contributed by atoms with van der Waals surface area (Å²) in [7, 11) is 0. The molecule has 6 nitrogen and oxygen atoms in total. The van der Waals surface area contributed by atoms with Gasteiger partial charge in [0.1, 0.15) is 0 Å². The maximum Gasteiger partial charge on any atom is 0.228 e. The van der Waals surface area contributed by atoms with Gasteiger partial charge in [0.25, 0.3) is 0 Å². The molecule has 2 saturated heterocycles. The lowest BCUT2D eigenvalue weighted by Gasteiger charge is -2.38. The van der Waals surface area contributed by atoms with E-state index < -0.39 is 0 Å². The fraction of sp³-hybridized carbons (Fsp3) is 0.842. The Morgan fingerprint density at radius 3 is 2.04 bits per heavy atom. The Hall–Kier alpha value is -1.59. The summed E-state index contributed by atoms with van der Waals surface area (Å²) in [5, 5.41) is 0. The topological polar surface area (TPSA) is 60.9 Å². The second kappa shape index (κ2) is 8.19. The van der Waals surface area contributed by atoms with Crippen LogP contribution in [-0.4, -0.2) is 71.7 Å². The standard InChI is InChI=1S/C19H31N3O3/c1-2-8-22-14-16(13-17(22)23)19(25)21-11-9-20(10-12-21)18(24)15-6-4-3-5-7-15/h15-16H,2-14H2,1H3. The highest BCUT2D eigenvalue weighted by molar-refractivity contribution is 5.89. The number of nitrogens with zero attached hydrogens (tertiary/aromatic N) is 3. The summed E-state index contributed by atoms with van der Waals surface area (Å²) < 4.78 is 0. The van der Waals surface area contributed by atoms with Gasteiger partial charge in [-0.2, -0.15) is 0 Å². The van der Waals surface area contributed by atoms with Crippen molar-refractivity contribution in [3.8, 4) is 0 Å². The first-order valence-corrected chi connectivity index (χ1v) is 9.95. The number of hydrogen-bond donors (Lipinski definition) is 0. The zero-order chi connectivity index (χ0) is 17.8. The summed E-state index contributed by atoms with van der Waals surface area (Å²) >= 11 is 0. The van der Waals surface area contributed by atoms with Crippen LogP contribution in [0.25, 0.3) is 0 Å². The highest BCUT2D eigenvalue weighted by atomic mass is 16.2. The molecule has 2 heterocycles. The Balaban J connectivity index is 1.48. The zero-order valence-corrected chi connectivity index (χ0v) is 15.4. The molecule has 6 heteroatoms. The molecule has 1 atom stereocenters. The number of rotatable bonds is 4. The molecule has 3 amide bonds. The van der Waals surface area contributed by atoms with Crippen molar-refractivity contribution in [2.75, 3.05) is 39.3 Å². The molecule has 25 heavy (non-hydrogen) atoms. The minimum absolute atomic E-state index is 0.0942. The molecule has 1 saturated carbocycles. The Kier molecular flexibility index (Phi) is 5.97. The van der Waals surface area contributed by atoms with E-state index in [0.717, 1.165) is 25.8 Å². The molecule has 1 unspecified atom stereocenters. The van der Waals surface area contributed by atoms with Crippen molar-refractivity contribution >= 4 is 17.7 Å². The predicted molar refractivity (Wildman–Crippen MR) is 94.7 cm³/mol. The number of carbonyl (C=O) groups excluding carboxylic acids is 3. The average molecular weight is 349 g/mol. The predicted octanol–water partition coefficient (Wildman–Crippen LogP) is 1.50. The Labute approximate surface area is 150 Å². The number of amides is 3. The number of hydrogen-bond acceptors (Lipinski definition) is 3. The van der Waals surface area contributed by atoms with Crippen LogP contribution in [-0.2, 0) is 14.4 Å². The Morgan fingerprint density at radius 1 is 0.920 bits per heavy atom. The molecule has 0 N–H and O–H groups in total. The van der Waals surface area contributed by atoms with Gasteiger partial charge in [-0.05, 0) is 19.3 Å². The summed E-state index contributed by atoms with van der Waals surface area (Å²) in [4.78, 5) is 42.9. The third kappa shape index (κ3) is 4.15. The molecule has 2 aliphatic heterocycles. The normalized spacial score (nSPS) is 25.6. The summed E-state index contributed by atoms with van der Waals surface area (Å²) in [5.74, 6) is 0.491. The van der Waals surface area contributed by atoms with Crippen LogP contribution in [0.1, 0.15) is 51.9 Å². The van der Waals surface area contributed by atoms with Gasteiger partial charge in [-0.15, -0.1) is 0 Å². The minimum Gasteiger partial charge on any atom is -0.342 e. The van der Waals surface area contributed by atoms with Crippen molar-refractivity contribution in [1.82, 2.24) is 14.7 Å². The molecule has 3 fully saturated rings. The van der Waals surface area contributed by atoms with Crippen molar-refractivity contribution < 1.29 is 14.4 Å². The molecular formula is C19H31N3O3. The SMILES string of the molecule is CCCN1CC(C(=O)N2CCN(C(=O)C3CCCCC3)CC2)CC1=O. The molecule has 0 bridgehead atoms. The molecule has 3 aliphatic rings. The number of piperazine rings is 1. The first-order chi connectivity index (χ1) is 12.1. The van der Waals surface area contributed by atoms with E-state index in [0.29, 0.717) is 39.1 Å². The van der Waals surface area contributed by atoms with Crippen LogP contribution in [0.2, 0.25) is 0 Å². The lowest BCUT2D eigenvalue weighted by molar-refractivity contribution is -0.144. The van der Waals surface area contributed by atoms with Crippen molar-refractivity contribution in [3.63, 3.8) is 0 Å². The van der Waals surface area contributed by atoms with Crippen LogP contribution in [0.3, 0.4) is 0 Å². The highest BCUT2D eigenvalue weighted by Crippen LogP contribution is 2.26. The van der Waals surface area contributed by atoms with Gasteiger partial charge in [-0.3, -0.25) is 14.4 Å². The van der Waals surface area contributed by atoms with Crippen molar-refractivity contribution in [2.45, 2.75) is 51.9 Å². The van der Waals surface area contributed by atoms with Crippen molar-refractivity contribution in [1.29, 1.82) is 0 Å². The van der Waals surface area contributed by atoms with Crippen LogP contribution in [0.15, 0.2) is 0 Å². The molecule has 0 aromatic heterocycles. The van der Waals surface area contributed by atoms with E-state index >= 15 is 0 Å². The second-order valence-corrected chi connectivity index (χ2v) is 7.73. The summed E-state index contributed by atoms with van der Waals surface area (Å²) in [6, 6.07) is 0. The lowest BCUT2D eigenvalue weighted by Crippen LogP contribution is -2.53. The second-order valence-electron chi connectivity index (χ2n) is 7.73. The van der Waals surface area contributed by atoms with E-state index in [2.05, 4.69) is 0 Å². The van der Waals surface area contributed by atoms with E-state index in [4.69, 9.17) is 0 Å². The fourth-order valence-electron chi connectivity index (χ4n) is 4.44. The van der Waals surface area contributed by atoms with Gasteiger partial charge in [-0.25, -0.2) is 0 Å². The van der Waals surface area contributed by atoms with Gasteiger partial charge in [0.2, 0.25) is 17.7 Å². The molecule has 0 radical (unpaired) electrons. The van der Waals surface area contributed by atoms with E-state index in [1.54, 1.807) is 0 Å². The van der Waals surface area contributed by atoms with Crippen molar-refractivity contribution in [3.05, 3.63) is 0 Å². The van der Waals surface area contributed by atoms with E-state index in [1.165, 1.54) is 19.3 Å². The van der Waals surface area contributed by atoms with E-state index in [-0.39, 0.29) is 29.6 Å². The summed E-state index contributed by atoms with van der Waals surface area (Å²) in [5.41, 5.74) is 0. The molecule has 0 aromatic rings. The van der Waals surface area contributed by atoms with Gasteiger partial charge in [0.15, 0.2) is 0 Å². The minimum atomic E-state index is -0.195. The van der Waals surface area contributed by atoms with Crippen LogP contribution in [0.4, 0.5) is 0 Å². The van der Waals surface area contributed by atoms with Crippen LogP contribution < -0.4 is 0 Å². The zero-order valence-electron chi connectivity index (χ0n) is 15.4. The third-order valence-corrected chi connectivity index (χ3v) is 5.91. The molecule has 1 aliphatic carbocycles. The summed E-state index contributed by atoms with van der Waals surface area (Å²) in [6.45, 7) is 5.84. The fourth-order valence-corrected chi connectivity index (χ4v) is 4.44. The molecule has 140 valence electrons. The highest BCUT2D eigenvalue weighted by Gasteiger charge is 2.37. The third-order valence-electron chi connectivity index (χ3n) is 5.91. The van der Waals surface area contributed by atoms with E-state index in [9.17, 15) is 14.4 Å². The monoisotopic (exact) mass is 349 g/mol. The van der Waals surface area contributed by atoms with Gasteiger partial charge < -0.3 is 14.7 Å². The van der Waals surface area contributed by atoms with E-state index in [1.807, 2.05) is 21.6 Å². The molecular weight excluding hydrogens is 318 g/mol. The smallest absolute Gasteiger partial charge is 0.228 e. The summed E-state index contributed by atoms with van der Waals surface area (Å²) in [6.07, 6.45) is 6.90. The first kappa shape index (κ1) is 18.2. The lowest BCUT2D eigenvalue weighted by atomic mass is 9.88. The quantitative estimate of drug-likeness (QED) is 0.773. The van der Waals surface area contributed by atoms with Crippen LogP contribution in [0.5, 0.6) is 0 Å². The maximum atomic E-state index is 12.7. The van der Waals surface area contributed by atoms with Gasteiger partial charge in [-0.1, -0.05) is 26.2 Å². The van der Waals surface area contributed by atoms with Crippen LogP contribution in [0, 0.1) is 11.8 Å². The average Bonchev–Trinajstić information content (AvgIpc) is 3.02. The van der Waals surface area contributed by atoms with Gasteiger partial charge >= 0.3 is 0 Å². The number of likely N-dealkylation sites (tertiary alicyclic amines) is 1. The van der Waals surface area contributed by atoms with Gasteiger partial charge in [0.05, 0.1) is 5.92 Å². The molecule has 0 spiro atoms. The maximum absolute atomic E-state index is 12.7. The first-order valence-electron chi connectivity index (χ1n) is 9.95. The molecule has 0 aromatic carbocycles. The van der Waals surface area contributed by atoms with Gasteiger partial charge in [0, 0.05) is 51.6 Å². The Bertz CT molecular complexity index is 508.